The molecule has 0 radical (unpaired) electrons. The van der Waals surface area contributed by atoms with Gasteiger partial charge in [-0.3, -0.25) is 9.88 Å². The van der Waals surface area contributed by atoms with Crippen molar-refractivity contribution >= 4 is 27.5 Å². The lowest BCUT2D eigenvalue weighted by atomic mass is 9.95. The number of aromatic hydroxyl groups is 1. The molecule has 2 fully saturated rings. The van der Waals surface area contributed by atoms with Gasteiger partial charge >= 0.3 is 6.01 Å². The number of aromatic nitrogens is 3. The first-order valence-electron chi connectivity index (χ1n) is 14.1. The number of ether oxygens (including phenoxy) is 1. The van der Waals surface area contributed by atoms with Crippen molar-refractivity contribution < 1.29 is 18.6 Å². The summed E-state index contributed by atoms with van der Waals surface area (Å²) in [5.74, 6) is -0.205. The first kappa shape index (κ1) is 27.5. The Morgan fingerprint density at radius 2 is 2.00 bits per heavy atom. The van der Waals surface area contributed by atoms with E-state index in [0.717, 1.165) is 30.2 Å². The minimum Gasteiger partial charge on any atom is -0.508 e. The molecule has 4 aromatic rings. The zero-order valence-corrected chi connectivity index (χ0v) is 23.9. The van der Waals surface area contributed by atoms with Crippen molar-refractivity contribution in [3.05, 3.63) is 48.4 Å². The van der Waals surface area contributed by atoms with Crippen LogP contribution in [0.2, 0.25) is 0 Å². The minimum atomic E-state index is -0.884. The molecule has 1 unspecified atom stereocenters. The third-order valence-electron chi connectivity index (χ3n) is 8.90. The molecule has 216 valence electrons. The van der Waals surface area contributed by atoms with Crippen LogP contribution in [-0.2, 0) is 0 Å². The first-order chi connectivity index (χ1) is 19.6. The normalized spacial score (nSPS) is 21.2. The fourth-order valence-electron chi connectivity index (χ4n) is 6.02. The number of halogens is 2. The lowest BCUT2D eigenvalue weighted by molar-refractivity contribution is 0.107. The molecule has 41 heavy (non-hydrogen) atoms. The maximum absolute atomic E-state index is 16.4. The van der Waals surface area contributed by atoms with Gasteiger partial charge in [-0.1, -0.05) is 24.3 Å². The van der Waals surface area contributed by atoms with Crippen molar-refractivity contribution in [3.63, 3.8) is 0 Å². The van der Waals surface area contributed by atoms with Crippen molar-refractivity contribution in [2.45, 2.75) is 50.4 Å². The number of nitrogens with one attached hydrogen (secondary N) is 1. The van der Waals surface area contributed by atoms with Crippen molar-refractivity contribution in [3.8, 4) is 23.0 Å². The molecule has 2 N–H and O–H groups in total. The molecular weight excluding hydrogens is 526 g/mol. The maximum Gasteiger partial charge on any atom is 0.319 e. The molecule has 2 saturated heterocycles. The van der Waals surface area contributed by atoms with Crippen molar-refractivity contribution in [1.29, 1.82) is 0 Å². The second-order valence-electron chi connectivity index (χ2n) is 12.2. The smallest absolute Gasteiger partial charge is 0.319 e. The third kappa shape index (κ3) is 5.04. The van der Waals surface area contributed by atoms with Gasteiger partial charge in [0, 0.05) is 36.8 Å². The monoisotopic (exact) mass is 562 g/mol. The quantitative estimate of drug-likeness (QED) is 0.295. The van der Waals surface area contributed by atoms with Gasteiger partial charge in [-0.25, -0.2) is 8.78 Å². The molecule has 2 aliphatic heterocycles. The highest BCUT2D eigenvalue weighted by Gasteiger charge is 2.49. The van der Waals surface area contributed by atoms with Crippen LogP contribution in [-0.4, -0.2) is 87.4 Å². The van der Waals surface area contributed by atoms with Crippen molar-refractivity contribution in [2.75, 3.05) is 45.7 Å². The SMILES string of the molecule is CN(C)C(C)(C)CNc1nc(OCC23CCCN2C[C@H](F)C3)nc2c(F)c(-c3cc(O)cc4ccccc34)ncc12. The van der Waals surface area contributed by atoms with Crippen LogP contribution in [0.15, 0.2) is 42.6 Å². The van der Waals surface area contributed by atoms with E-state index in [1.807, 2.05) is 38.4 Å². The van der Waals surface area contributed by atoms with Gasteiger partial charge in [0.15, 0.2) is 5.82 Å². The van der Waals surface area contributed by atoms with E-state index in [1.54, 1.807) is 12.3 Å². The molecule has 2 aromatic carbocycles. The van der Waals surface area contributed by atoms with Crippen LogP contribution < -0.4 is 10.1 Å². The van der Waals surface area contributed by atoms with Crippen LogP contribution in [0.3, 0.4) is 0 Å². The van der Waals surface area contributed by atoms with Crippen LogP contribution in [0.4, 0.5) is 14.6 Å². The summed E-state index contributed by atoms with van der Waals surface area (Å²) >= 11 is 0. The first-order valence-corrected chi connectivity index (χ1v) is 14.1. The Bertz CT molecular complexity index is 1610. The van der Waals surface area contributed by atoms with E-state index in [2.05, 4.69) is 43.9 Å². The van der Waals surface area contributed by atoms with Gasteiger partial charge in [0.1, 0.15) is 35.6 Å². The number of benzene rings is 2. The predicted octanol–water partition coefficient (Wildman–Crippen LogP) is 5.40. The standard InChI is InChI=1S/C31H36F2N6O2/c1-30(2,38(3)4)17-35-28-24-15-34-26(23-13-21(40)12-19-8-5-6-9-22(19)23)25(33)27(24)36-29(37-28)41-18-31-10-7-11-39(31)16-20(32)14-31/h5-6,8-9,12-13,15,20,40H,7,10-11,14,16-18H2,1-4H3,(H,35,36,37)/t20-,31?/m1/s1. The summed E-state index contributed by atoms with van der Waals surface area (Å²) < 4.78 is 36.9. The number of nitrogens with zero attached hydrogens (tertiary/aromatic N) is 5. The highest BCUT2D eigenvalue weighted by atomic mass is 19.1. The Balaban J connectivity index is 1.43. The number of rotatable bonds is 8. The molecule has 0 bridgehead atoms. The van der Waals surface area contributed by atoms with Crippen LogP contribution in [0.5, 0.6) is 11.8 Å². The van der Waals surface area contributed by atoms with E-state index in [0.29, 0.717) is 36.3 Å². The second-order valence-corrected chi connectivity index (χ2v) is 12.2. The number of pyridine rings is 1. The third-order valence-corrected chi connectivity index (χ3v) is 8.90. The van der Waals surface area contributed by atoms with Gasteiger partial charge in [0.25, 0.3) is 0 Å². The van der Waals surface area contributed by atoms with Gasteiger partial charge in [-0.05, 0) is 70.2 Å². The maximum atomic E-state index is 16.4. The highest BCUT2D eigenvalue weighted by Crippen LogP contribution is 2.41. The molecule has 4 heterocycles. The number of hydrogen-bond donors (Lipinski definition) is 2. The number of alkyl halides is 1. The fourth-order valence-corrected chi connectivity index (χ4v) is 6.02. The summed E-state index contributed by atoms with van der Waals surface area (Å²) in [6, 6.07) is 10.6. The minimum absolute atomic E-state index is 0.0167. The van der Waals surface area contributed by atoms with E-state index >= 15 is 4.39 Å². The van der Waals surface area contributed by atoms with E-state index in [1.165, 1.54) is 6.07 Å². The lowest BCUT2D eigenvalue weighted by Crippen LogP contribution is -2.44. The summed E-state index contributed by atoms with van der Waals surface area (Å²) in [4.78, 5) is 17.9. The average molecular weight is 563 g/mol. The summed E-state index contributed by atoms with van der Waals surface area (Å²) in [6.45, 7) is 6.19. The van der Waals surface area contributed by atoms with Gasteiger partial charge < -0.3 is 20.1 Å². The fraction of sp³-hybridized carbons (Fsp3) is 0.452. The van der Waals surface area contributed by atoms with Crippen molar-refractivity contribution in [2.24, 2.45) is 0 Å². The van der Waals surface area contributed by atoms with Crippen LogP contribution >= 0.6 is 0 Å². The number of phenolic OH excluding ortho intramolecular Hbond substituents is 1. The van der Waals surface area contributed by atoms with Crippen LogP contribution in [0.1, 0.15) is 33.1 Å². The van der Waals surface area contributed by atoms with E-state index in [9.17, 15) is 9.50 Å². The molecule has 2 aromatic heterocycles. The predicted molar refractivity (Wildman–Crippen MR) is 157 cm³/mol. The molecule has 0 amide bonds. The Labute approximate surface area is 238 Å². The van der Waals surface area contributed by atoms with Crippen molar-refractivity contribution in [1.82, 2.24) is 24.8 Å². The Morgan fingerprint density at radius 3 is 2.80 bits per heavy atom. The second kappa shape index (κ2) is 10.3. The number of likely N-dealkylation sites (N-methyl/N-ethyl adjacent to an activating group) is 1. The molecule has 2 aliphatic rings. The molecule has 0 spiro atoms. The van der Waals surface area contributed by atoms with Gasteiger partial charge in [0.05, 0.1) is 10.9 Å². The molecule has 0 saturated carbocycles. The summed E-state index contributed by atoms with van der Waals surface area (Å²) in [7, 11) is 3.99. The number of hydrogen-bond acceptors (Lipinski definition) is 8. The average Bonchev–Trinajstić information content (AvgIpc) is 3.46. The molecule has 8 nitrogen and oxygen atoms in total. The zero-order chi connectivity index (χ0) is 28.9. The highest BCUT2D eigenvalue weighted by molar-refractivity contribution is 5.99. The van der Waals surface area contributed by atoms with Crippen LogP contribution in [0.25, 0.3) is 32.9 Å². The van der Waals surface area contributed by atoms with E-state index < -0.39 is 12.0 Å². The zero-order valence-electron chi connectivity index (χ0n) is 23.9. The Kier molecular flexibility index (Phi) is 6.94. The topological polar surface area (TPSA) is 86.6 Å². The summed E-state index contributed by atoms with van der Waals surface area (Å²) in [5, 5.41) is 15.7. The number of anilines is 1. The summed E-state index contributed by atoms with van der Waals surface area (Å²) in [5.41, 5.74) is -0.0161. The van der Waals surface area contributed by atoms with E-state index in [-0.39, 0.29) is 40.7 Å². The Hall–Kier alpha value is -3.63. The Morgan fingerprint density at radius 1 is 1.20 bits per heavy atom. The summed E-state index contributed by atoms with van der Waals surface area (Å²) in [6.07, 6.45) is 2.92. The van der Waals surface area contributed by atoms with Crippen LogP contribution in [0, 0.1) is 5.82 Å². The molecule has 2 atom stereocenters. The molecule has 0 aliphatic carbocycles. The number of fused-ring (bicyclic) bond motifs is 3. The van der Waals surface area contributed by atoms with Gasteiger partial charge in [-0.15, -0.1) is 0 Å². The molecule has 10 heteroatoms. The lowest BCUT2D eigenvalue weighted by Gasteiger charge is -2.33. The molecule has 6 rings (SSSR count). The van der Waals surface area contributed by atoms with Gasteiger partial charge in [-0.2, -0.15) is 9.97 Å². The molecular formula is C31H36F2N6O2. The largest absolute Gasteiger partial charge is 0.508 e. The van der Waals surface area contributed by atoms with E-state index in [4.69, 9.17) is 4.74 Å². The number of phenols is 1. The van der Waals surface area contributed by atoms with Gasteiger partial charge in [0.2, 0.25) is 0 Å².